The van der Waals surface area contributed by atoms with Crippen LogP contribution in [0.15, 0.2) is 28.2 Å². The average Bonchev–Trinajstić information content (AvgIpc) is 2.26. The average molecular weight is 307 g/mol. The highest BCUT2D eigenvalue weighted by atomic mass is 79.9. The van der Waals surface area contributed by atoms with Crippen LogP contribution in [0, 0.1) is 0 Å². The van der Waals surface area contributed by atoms with Crippen LogP contribution in [0.5, 0.6) is 5.75 Å². The van der Waals surface area contributed by atoms with Crippen molar-refractivity contribution < 1.29 is 22.7 Å². The molecule has 0 saturated heterocycles. The zero-order chi connectivity index (χ0) is 12.6. The van der Waals surface area contributed by atoms with Gasteiger partial charge in [0.2, 0.25) is 6.10 Å². The smallest absolute Gasteiger partial charge is 0.429 e. The molecule has 0 radical (unpaired) electrons. The van der Waals surface area contributed by atoms with E-state index >= 15 is 0 Å². The molecule has 0 amide bonds. The lowest BCUT2D eigenvalue weighted by Crippen LogP contribution is -2.38. The molecule has 90 valence electrons. The van der Waals surface area contributed by atoms with Gasteiger partial charge in [-0.2, -0.15) is 13.2 Å². The number of fused-ring (bicyclic) bond motifs is 1. The number of hydrogen-bond acceptors (Lipinski definition) is 2. The van der Waals surface area contributed by atoms with Crippen LogP contribution in [0.4, 0.5) is 13.2 Å². The highest BCUT2D eigenvalue weighted by Crippen LogP contribution is 2.40. The van der Waals surface area contributed by atoms with E-state index in [0.29, 0.717) is 10.0 Å². The summed E-state index contributed by atoms with van der Waals surface area (Å²) >= 11 is 3.11. The van der Waals surface area contributed by atoms with Gasteiger partial charge in [-0.25, -0.2) is 0 Å². The van der Waals surface area contributed by atoms with Gasteiger partial charge >= 0.3 is 6.18 Å². The van der Waals surface area contributed by atoms with E-state index in [0.717, 1.165) is 0 Å². The molecule has 0 saturated carbocycles. The molecule has 0 N–H and O–H groups in total. The van der Waals surface area contributed by atoms with Crippen molar-refractivity contribution in [2.24, 2.45) is 0 Å². The van der Waals surface area contributed by atoms with E-state index in [4.69, 9.17) is 4.74 Å². The Morgan fingerprint density at radius 2 is 2.06 bits per heavy atom. The molecule has 0 aliphatic carbocycles. The molecular weight excluding hydrogens is 301 g/mol. The fourth-order valence-corrected chi connectivity index (χ4v) is 2.03. The van der Waals surface area contributed by atoms with E-state index in [1.807, 2.05) is 0 Å². The fraction of sp³-hybridized carbons (Fsp3) is 0.182. The summed E-state index contributed by atoms with van der Waals surface area (Å²) in [7, 11) is 0. The van der Waals surface area contributed by atoms with Crippen LogP contribution in [0.3, 0.4) is 0 Å². The first-order valence-electron chi connectivity index (χ1n) is 4.62. The van der Waals surface area contributed by atoms with Gasteiger partial charge in [-0.3, -0.25) is 4.79 Å². The number of benzene rings is 1. The van der Waals surface area contributed by atoms with Crippen LogP contribution >= 0.6 is 15.9 Å². The first kappa shape index (κ1) is 12.2. The Bertz CT molecular complexity index is 494. The Kier molecular flexibility index (Phi) is 2.99. The lowest BCUT2D eigenvalue weighted by molar-refractivity contribution is -0.184. The SMILES string of the molecule is O=CC1=Cc2cccc(Br)c2OC1C(F)(F)F. The van der Waals surface area contributed by atoms with Gasteiger partial charge in [0.1, 0.15) is 12.0 Å². The second-order valence-corrected chi connectivity index (χ2v) is 4.31. The second-order valence-electron chi connectivity index (χ2n) is 3.46. The monoisotopic (exact) mass is 306 g/mol. The Hall–Kier alpha value is -1.30. The lowest BCUT2D eigenvalue weighted by Gasteiger charge is -2.27. The Balaban J connectivity index is 2.53. The molecule has 1 unspecified atom stereocenters. The number of carbonyl (C=O) groups excluding carboxylic acids is 1. The van der Waals surface area contributed by atoms with Gasteiger partial charge in [0.05, 0.1) is 4.47 Å². The van der Waals surface area contributed by atoms with Crippen molar-refractivity contribution in [3.8, 4) is 5.75 Å². The molecule has 0 bridgehead atoms. The van der Waals surface area contributed by atoms with E-state index in [1.165, 1.54) is 6.08 Å². The molecule has 1 aromatic rings. The van der Waals surface area contributed by atoms with E-state index in [-0.39, 0.29) is 12.0 Å². The summed E-state index contributed by atoms with van der Waals surface area (Å²) in [6.45, 7) is 0. The molecule has 1 aliphatic rings. The number of rotatable bonds is 1. The van der Waals surface area contributed by atoms with Crippen molar-refractivity contribution in [2.45, 2.75) is 12.3 Å². The molecule has 1 aliphatic heterocycles. The summed E-state index contributed by atoms with van der Waals surface area (Å²) < 4.78 is 43.3. The molecule has 0 spiro atoms. The standard InChI is InChI=1S/C11H6BrF3O2/c12-8-3-1-2-6-4-7(5-16)10(11(13,14)15)17-9(6)8/h1-5,10H. The number of ether oxygens (including phenoxy) is 1. The first-order valence-corrected chi connectivity index (χ1v) is 5.41. The van der Waals surface area contributed by atoms with Crippen LogP contribution in [-0.2, 0) is 4.79 Å². The highest BCUT2D eigenvalue weighted by molar-refractivity contribution is 9.10. The summed E-state index contributed by atoms with van der Waals surface area (Å²) in [5, 5.41) is 0. The molecule has 2 nitrogen and oxygen atoms in total. The van der Waals surface area contributed by atoms with Gasteiger partial charge in [0.25, 0.3) is 0 Å². The topological polar surface area (TPSA) is 26.3 Å². The Morgan fingerprint density at radius 1 is 1.35 bits per heavy atom. The number of hydrogen-bond donors (Lipinski definition) is 0. The molecule has 1 heterocycles. The molecule has 0 aromatic heterocycles. The molecular formula is C11H6BrF3O2. The van der Waals surface area contributed by atoms with Gasteiger partial charge < -0.3 is 4.74 Å². The minimum Gasteiger partial charge on any atom is -0.474 e. The van der Waals surface area contributed by atoms with Gasteiger partial charge in [0, 0.05) is 11.1 Å². The molecule has 6 heteroatoms. The molecule has 0 fully saturated rings. The summed E-state index contributed by atoms with van der Waals surface area (Å²) in [5.41, 5.74) is 0.0186. The number of aldehydes is 1. The number of alkyl halides is 3. The van der Waals surface area contributed by atoms with E-state index < -0.39 is 17.9 Å². The fourth-order valence-electron chi connectivity index (χ4n) is 1.56. The largest absolute Gasteiger partial charge is 0.474 e. The molecule has 2 rings (SSSR count). The summed E-state index contributed by atoms with van der Waals surface area (Å²) in [6, 6.07) is 4.81. The van der Waals surface area contributed by atoms with Crippen LogP contribution in [-0.4, -0.2) is 18.6 Å². The minimum atomic E-state index is -4.61. The summed E-state index contributed by atoms with van der Waals surface area (Å²) in [6.07, 6.45) is -5.46. The van der Waals surface area contributed by atoms with Crippen molar-refractivity contribution in [3.05, 3.63) is 33.8 Å². The van der Waals surface area contributed by atoms with Crippen LogP contribution in [0.25, 0.3) is 6.08 Å². The van der Waals surface area contributed by atoms with E-state index in [9.17, 15) is 18.0 Å². The summed E-state index contributed by atoms with van der Waals surface area (Å²) in [4.78, 5) is 10.7. The molecule has 17 heavy (non-hydrogen) atoms. The zero-order valence-electron chi connectivity index (χ0n) is 8.29. The molecule has 1 aromatic carbocycles. The maximum absolute atomic E-state index is 12.7. The third-order valence-electron chi connectivity index (χ3n) is 2.29. The number of para-hydroxylation sites is 1. The van der Waals surface area contributed by atoms with Crippen LogP contribution < -0.4 is 4.74 Å². The summed E-state index contributed by atoms with van der Waals surface area (Å²) in [5.74, 6) is 0.0976. The third kappa shape index (κ3) is 2.22. The van der Waals surface area contributed by atoms with Gasteiger partial charge in [-0.05, 0) is 28.1 Å². The van der Waals surface area contributed by atoms with Crippen molar-refractivity contribution >= 4 is 28.3 Å². The quantitative estimate of drug-likeness (QED) is 0.744. The third-order valence-corrected chi connectivity index (χ3v) is 2.92. The highest BCUT2D eigenvalue weighted by Gasteiger charge is 2.46. The maximum atomic E-state index is 12.7. The lowest BCUT2D eigenvalue weighted by atomic mass is 10.0. The predicted octanol–water partition coefficient (Wildman–Crippen LogP) is 3.35. The van der Waals surface area contributed by atoms with Crippen molar-refractivity contribution in [3.63, 3.8) is 0 Å². The van der Waals surface area contributed by atoms with Gasteiger partial charge in [-0.1, -0.05) is 12.1 Å². The van der Waals surface area contributed by atoms with Gasteiger partial charge in [-0.15, -0.1) is 0 Å². The van der Waals surface area contributed by atoms with Gasteiger partial charge in [0.15, 0.2) is 0 Å². The molecule has 1 atom stereocenters. The maximum Gasteiger partial charge on any atom is 0.429 e. The van der Waals surface area contributed by atoms with E-state index in [1.54, 1.807) is 18.2 Å². The first-order chi connectivity index (χ1) is 7.93. The minimum absolute atomic E-state index is 0.0976. The van der Waals surface area contributed by atoms with Crippen LogP contribution in [0.1, 0.15) is 5.56 Å². The normalized spacial score (nSPS) is 19.1. The van der Waals surface area contributed by atoms with Crippen molar-refractivity contribution in [1.82, 2.24) is 0 Å². The van der Waals surface area contributed by atoms with E-state index in [2.05, 4.69) is 15.9 Å². The Labute approximate surface area is 103 Å². The van der Waals surface area contributed by atoms with Crippen molar-refractivity contribution in [2.75, 3.05) is 0 Å². The second kappa shape index (κ2) is 4.18. The Morgan fingerprint density at radius 3 is 2.65 bits per heavy atom. The zero-order valence-corrected chi connectivity index (χ0v) is 9.88. The van der Waals surface area contributed by atoms with Crippen LogP contribution in [0.2, 0.25) is 0 Å². The number of carbonyl (C=O) groups is 1. The predicted molar refractivity (Wildman–Crippen MR) is 58.7 cm³/mol. The number of halogens is 4. The van der Waals surface area contributed by atoms with Crippen molar-refractivity contribution in [1.29, 1.82) is 0 Å².